The third-order valence-corrected chi connectivity index (χ3v) is 6.32. The number of aromatic nitrogens is 3. The van der Waals surface area contributed by atoms with Crippen molar-refractivity contribution in [1.82, 2.24) is 19.9 Å². The summed E-state index contributed by atoms with van der Waals surface area (Å²) in [7, 11) is 1.75. The first-order valence-corrected chi connectivity index (χ1v) is 11.7. The van der Waals surface area contributed by atoms with Crippen LogP contribution in [0, 0.1) is 13.8 Å². The van der Waals surface area contributed by atoms with Crippen LogP contribution in [-0.2, 0) is 7.05 Å². The third kappa shape index (κ3) is 5.85. The number of nitrogens with one attached hydrogen (secondary N) is 1. The molecule has 0 saturated heterocycles. The minimum Gasteiger partial charge on any atom is -0.381 e. The Morgan fingerprint density at radius 1 is 1.19 bits per heavy atom. The second-order valence-corrected chi connectivity index (χ2v) is 8.78. The van der Waals surface area contributed by atoms with Crippen LogP contribution in [0.1, 0.15) is 36.2 Å². The van der Waals surface area contributed by atoms with Gasteiger partial charge in [-0.2, -0.15) is 11.8 Å². The van der Waals surface area contributed by atoms with Gasteiger partial charge in [0.15, 0.2) is 5.82 Å². The summed E-state index contributed by atoms with van der Waals surface area (Å²) in [5.74, 6) is 0.532. The molecule has 0 bridgehead atoms. The van der Waals surface area contributed by atoms with Crippen molar-refractivity contribution in [2.45, 2.75) is 38.5 Å². The number of nitrogens with zero attached hydrogens (tertiary/aromatic N) is 3. The maximum atomic E-state index is 12.7. The highest BCUT2D eigenvalue weighted by molar-refractivity contribution is 7.99. The molecule has 2 atom stereocenters. The predicted molar refractivity (Wildman–Crippen MR) is 131 cm³/mol. The Kier molecular flexibility index (Phi) is 7.69. The lowest BCUT2D eigenvalue weighted by atomic mass is 10.1. The van der Waals surface area contributed by atoms with E-state index in [4.69, 9.17) is 0 Å². The minimum atomic E-state index is -0.117. The van der Waals surface area contributed by atoms with E-state index in [0.29, 0.717) is 16.8 Å². The molecule has 0 radical (unpaired) electrons. The average Bonchev–Trinajstić information content (AvgIpc) is 2.76. The highest BCUT2D eigenvalue weighted by Crippen LogP contribution is 2.25. The van der Waals surface area contributed by atoms with E-state index in [1.165, 1.54) is 5.70 Å². The Hall–Kier alpha value is -2.86. The molecule has 3 rings (SSSR count). The van der Waals surface area contributed by atoms with Crippen molar-refractivity contribution >= 4 is 11.8 Å². The summed E-state index contributed by atoms with van der Waals surface area (Å²) in [4.78, 5) is 21.6. The van der Waals surface area contributed by atoms with E-state index < -0.39 is 0 Å². The molecule has 0 aliphatic heterocycles. The van der Waals surface area contributed by atoms with Gasteiger partial charge in [0.05, 0.1) is 5.69 Å². The molecule has 6 heteroatoms. The third-order valence-electron chi connectivity index (χ3n) is 5.31. The van der Waals surface area contributed by atoms with Gasteiger partial charge in [-0.1, -0.05) is 35.9 Å². The monoisotopic (exact) mass is 434 g/mol. The Bertz CT molecular complexity index is 1120. The summed E-state index contributed by atoms with van der Waals surface area (Å²) in [6.07, 6.45) is 11.4. The second-order valence-electron chi connectivity index (χ2n) is 7.74. The van der Waals surface area contributed by atoms with Crippen LogP contribution in [0.5, 0.6) is 0 Å². The van der Waals surface area contributed by atoms with Crippen molar-refractivity contribution in [3.05, 3.63) is 93.7 Å². The van der Waals surface area contributed by atoms with Gasteiger partial charge in [0, 0.05) is 42.0 Å². The van der Waals surface area contributed by atoms with E-state index >= 15 is 0 Å². The van der Waals surface area contributed by atoms with Gasteiger partial charge < -0.3 is 9.88 Å². The van der Waals surface area contributed by atoms with Crippen molar-refractivity contribution in [3.8, 4) is 11.5 Å². The molecule has 0 aromatic carbocycles. The molecule has 31 heavy (non-hydrogen) atoms. The molecule has 1 unspecified atom stereocenters. The van der Waals surface area contributed by atoms with Crippen molar-refractivity contribution in [2.24, 2.45) is 7.05 Å². The van der Waals surface area contributed by atoms with Crippen LogP contribution in [0.2, 0.25) is 0 Å². The summed E-state index contributed by atoms with van der Waals surface area (Å²) >= 11 is 1.86. The number of hydrogen-bond donors (Lipinski definition) is 1. The Balaban J connectivity index is 2.11. The molecule has 0 amide bonds. The summed E-state index contributed by atoms with van der Waals surface area (Å²) < 4.78 is 1.59. The van der Waals surface area contributed by atoms with Crippen LogP contribution < -0.4 is 10.9 Å². The van der Waals surface area contributed by atoms with Gasteiger partial charge in [0.25, 0.3) is 5.56 Å². The molecule has 1 aliphatic carbocycles. The van der Waals surface area contributed by atoms with Gasteiger partial charge in [0.2, 0.25) is 0 Å². The molecule has 162 valence electrons. The van der Waals surface area contributed by atoms with Crippen LogP contribution >= 0.6 is 11.8 Å². The van der Waals surface area contributed by atoms with Crippen LogP contribution in [0.15, 0.2) is 71.3 Å². The Morgan fingerprint density at radius 2 is 2.00 bits per heavy atom. The topological polar surface area (TPSA) is 59.8 Å². The second kappa shape index (κ2) is 10.4. The molecule has 0 saturated carbocycles. The molecular weight excluding hydrogens is 404 g/mol. The van der Waals surface area contributed by atoms with Gasteiger partial charge in [-0.15, -0.1) is 0 Å². The van der Waals surface area contributed by atoms with E-state index in [1.54, 1.807) is 23.9 Å². The van der Waals surface area contributed by atoms with Gasteiger partial charge >= 0.3 is 0 Å². The number of rotatable bonds is 5. The molecular formula is C25H30N4OS. The quantitative estimate of drug-likeness (QED) is 0.732. The molecule has 2 aromatic rings. The average molecular weight is 435 g/mol. The molecule has 1 N–H and O–H groups in total. The molecule has 2 heterocycles. The highest BCUT2D eigenvalue weighted by atomic mass is 32.2. The van der Waals surface area contributed by atoms with Gasteiger partial charge in [-0.3, -0.25) is 4.79 Å². The summed E-state index contributed by atoms with van der Waals surface area (Å²) in [6.45, 7) is 6.09. The van der Waals surface area contributed by atoms with E-state index in [9.17, 15) is 4.79 Å². The fourth-order valence-corrected chi connectivity index (χ4v) is 4.16. The standard InChI is InChI=1S/C25H30N4OS/c1-17-10-13-24(30)29(4)22(25-26-15-14-18(2)27-25)12-11-20(16-17)19(3)28-21-8-6-7-9-23(21)31-5/h6-8,10-16,19,23,28H,9H2,1-5H3/t19-,23?/m1/s1. The lowest BCUT2D eigenvalue weighted by molar-refractivity contribution is 0.631. The van der Waals surface area contributed by atoms with E-state index in [1.807, 2.05) is 43.8 Å². The Morgan fingerprint density at radius 3 is 2.74 bits per heavy atom. The molecule has 5 nitrogen and oxygen atoms in total. The van der Waals surface area contributed by atoms with Gasteiger partial charge in [-0.05, 0) is 57.2 Å². The van der Waals surface area contributed by atoms with Crippen molar-refractivity contribution < 1.29 is 0 Å². The predicted octanol–water partition coefficient (Wildman–Crippen LogP) is 4.81. The smallest absolute Gasteiger partial charge is 0.250 e. The first-order chi connectivity index (χ1) is 14.9. The van der Waals surface area contributed by atoms with E-state index in [2.05, 4.69) is 58.8 Å². The number of thioether (sulfide) groups is 1. The van der Waals surface area contributed by atoms with Crippen molar-refractivity contribution in [3.63, 3.8) is 0 Å². The fraction of sp³-hybridized carbons (Fsp3) is 0.320. The van der Waals surface area contributed by atoms with Gasteiger partial charge in [0.1, 0.15) is 0 Å². The van der Waals surface area contributed by atoms with Crippen molar-refractivity contribution in [2.75, 3.05) is 6.26 Å². The van der Waals surface area contributed by atoms with Crippen LogP contribution in [0.3, 0.4) is 0 Å². The summed E-state index contributed by atoms with van der Waals surface area (Å²) in [5, 5.41) is 4.13. The van der Waals surface area contributed by atoms with Gasteiger partial charge in [-0.25, -0.2) is 9.97 Å². The van der Waals surface area contributed by atoms with Crippen LogP contribution in [0.4, 0.5) is 0 Å². The molecule has 2 aromatic heterocycles. The molecule has 0 fully saturated rings. The minimum absolute atomic E-state index is 0.0899. The maximum Gasteiger partial charge on any atom is 0.250 e. The lowest BCUT2D eigenvalue weighted by Gasteiger charge is -2.25. The maximum absolute atomic E-state index is 12.7. The number of hydrogen-bond acceptors (Lipinski definition) is 5. The van der Waals surface area contributed by atoms with E-state index in [0.717, 1.165) is 23.2 Å². The lowest BCUT2D eigenvalue weighted by Crippen LogP contribution is -2.25. The van der Waals surface area contributed by atoms with Crippen LogP contribution in [0.25, 0.3) is 11.5 Å². The van der Waals surface area contributed by atoms with Crippen molar-refractivity contribution in [1.29, 1.82) is 0 Å². The summed E-state index contributed by atoms with van der Waals surface area (Å²) in [6, 6.07) is 11.5. The largest absolute Gasteiger partial charge is 0.381 e. The fourth-order valence-electron chi connectivity index (χ4n) is 3.45. The number of allylic oxidation sites excluding steroid dienone is 3. The summed E-state index contributed by atoms with van der Waals surface area (Å²) in [5.41, 5.74) is 4.77. The Labute approximate surface area is 188 Å². The first-order valence-electron chi connectivity index (χ1n) is 10.4. The SMILES string of the molecule is CSC1CC=CC=C1N[C@H](C)c1ccc(-c2nccc(C)n2)n(C)c(=O)ccc(C)c1. The zero-order chi connectivity index (χ0) is 22.4. The normalized spacial score (nSPS) is 16.3. The van der Waals surface area contributed by atoms with E-state index in [-0.39, 0.29) is 11.6 Å². The first kappa shape index (κ1) is 22.8. The zero-order valence-corrected chi connectivity index (χ0v) is 19.6. The molecule has 1 aliphatic rings. The molecule has 0 spiro atoms. The number of aryl methyl sites for hydroxylation is 2. The highest BCUT2D eigenvalue weighted by Gasteiger charge is 2.16. The zero-order valence-electron chi connectivity index (χ0n) is 18.8. The van der Waals surface area contributed by atoms with Crippen LogP contribution in [-0.4, -0.2) is 26.0 Å².